The topological polar surface area (TPSA) is 100 Å². The normalized spacial score (nSPS) is 10.1. The standard InChI is InChI=1S/C13H12ClN3O3/c1-19-11-4-7(12(16)18)2-3-10(11)20-13-9(15)5-8(14)6-17-13/h2-6H,15H2,1H3,(H2,16,18). The molecule has 1 aromatic carbocycles. The van der Waals surface area contributed by atoms with Crippen LogP contribution in [0.15, 0.2) is 30.5 Å². The van der Waals surface area contributed by atoms with Crippen molar-refractivity contribution >= 4 is 23.2 Å². The SMILES string of the molecule is COc1cc(C(N)=O)ccc1Oc1ncc(Cl)cc1N. The summed E-state index contributed by atoms with van der Waals surface area (Å²) in [6.45, 7) is 0. The van der Waals surface area contributed by atoms with Crippen LogP contribution in [0, 0.1) is 0 Å². The first-order valence-corrected chi connectivity index (χ1v) is 5.95. The number of nitrogens with zero attached hydrogens (tertiary/aromatic N) is 1. The lowest BCUT2D eigenvalue weighted by atomic mass is 10.2. The van der Waals surface area contributed by atoms with Crippen molar-refractivity contribution in [3.8, 4) is 17.4 Å². The number of pyridine rings is 1. The van der Waals surface area contributed by atoms with Crippen LogP contribution in [0.4, 0.5) is 5.69 Å². The van der Waals surface area contributed by atoms with Gasteiger partial charge in [-0.3, -0.25) is 4.79 Å². The second-order valence-corrected chi connectivity index (χ2v) is 4.32. The van der Waals surface area contributed by atoms with Crippen LogP contribution in [0.3, 0.4) is 0 Å². The van der Waals surface area contributed by atoms with Crippen molar-refractivity contribution in [1.29, 1.82) is 0 Å². The first-order valence-electron chi connectivity index (χ1n) is 5.58. The Morgan fingerprint density at radius 2 is 2.05 bits per heavy atom. The Balaban J connectivity index is 2.35. The number of ether oxygens (including phenoxy) is 2. The molecule has 0 aliphatic carbocycles. The van der Waals surface area contributed by atoms with Crippen LogP contribution in [0.1, 0.15) is 10.4 Å². The molecule has 0 bridgehead atoms. The van der Waals surface area contributed by atoms with Gasteiger partial charge in [-0.25, -0.2) is 4.98 Å². The van der Waals surface area contributed by atoms with Gasteiger partial charge in [-0.05, 0) is 24.3 Å². The number of methoxy groups -OCH3 is 1. The van der Waals surface area contributed by atoms with Gasteiger partial charge in [0, 0.05) is 11.8 Å². The summed E-state index contributed by atoms with van der Waals surface area (Å²) in [4.78, 5) is 15.1. The van der Waals surface area contributed by atoms with Crippen LogP contribution in [0.2, 0.25) is 5.02 Å². The van der Waals surface area contributed by atoms with Gasteiger partial charge in [0.25, 0.3) is 0 Å². The quantitative estimate of drug-likeness (QED) is 0.900. The van der Waals surface area contributed by atoms with Gasteiger partial charge in [-0.1, -0.05) is 11.6 Å². The lowest BCUT2D eigenvalue weighted by molar-refractivity contribution is 0.1000. The van der Waals surface area contributed by atoms with E-state index in [0.717, 1.165) is 0 Å². The summed E-state index contributed by atoms with van der Waals surface area (Å²) in [6.07, 6.45) is 1.41. The molecule has 0 aliphatic rings. The van der Waals surface area contributed by atoms with Crippen LogP contribution in [0.25, 0.3) is 0 Å². The van der Waals surface area contributed by atoms with Gasteiger partial charge in [-0.15, -0.1) is 0 Å². The minimum Gasteiger partial charge on any atom is -0.493 e. The van der Waals surface area contributed by atoms with Gasteiger partial charge in [-0.2, -0.15) is 0 Å². The number of anilines is 1. The van der Waals surface area contributed by atoms with E-state index in [4.69, 9.17) is 32.5 Å². The molecule has 1 aromatic heterocycles. The number of aromatic nitrogens is 1. The molecule has 0 radical (unpaired) electrons. The molecule has 4 N–H and O–H groups in total. The molecule has 0 atom stereocenters. The Labute approximate surface area is 120 Å². The van der Waals surface area contributed by atoms with Gasteiger partial charge in [0.1, 0.15) is 0 Å². The van der Waals surface area contributed by atoms with Crippen LogP contribution >= 0.6 is 11.6 Å². The first kappa shape index (κ1) is 14.0. The molecular weight excluding hydrogens is 282 g/mol. The number of benzene rings is 1. The van der Waals surface area contributed by atoms with Crippen LogP contribution in [0.5, 0.6) is 17.4 Å². The third-order valence-electron chi connectivity index (χ3n) is 2.50. The third-order valence-corrected chi connectivity index (χ3v) is 2.71. The highest BCUT2D eigenvalue weighted by molar-refractivity contribution is 6.30. The number of nitrogens with two attached hydrogens (primary N) is 2. The molecule has 7 heteroatoms. The summed E-state index contributed by atoms with van der Waals surface area (Å²) >= 11 is 5.76. The maximum atomic E-state index is 11.1. The highest BCUT2D eigenvalue weighted by atomic mass is 35.5. The summed E-state index contributed by atoms with van der Waals surface area (Å²) in [6, 6.07) is 6.07. The van der Waals surface area contributed by atoms with E-state index in [1.165, 1.54) is 31.5 Å². The van der Waals surface area contributed by atoms with Crippen molar-refractivity contribution < 1.29 is 14.3 Å². The second-order valence-electron chi connectivity index (χ2n) is 3.88. The van der Waals surface area contributed by atoms with E-state index in [-0.39, 0.29) is 5.88 Å². The average Bonchev–Trinajstić information content (AvgIpc) is 2.42. The van der Waals surface area contributed by atoms with Crippen molar-refractivity contribution in [2.24, 2.45) is 5.73 Å². The zero-order valence-corrected chi connectivity index (χ0v) is 11.3. The molecule has 2 rings (SSSR count). The third kappa shape index (κ3) is 2.92. The number of carbonyl (C=O) groups excluding carboxylic acids is 1. The molecule has 1 amide bonds. The van der Waals surface area contributed by atoms with Gasteiger partial charge >= 0.3 is 0 Å². The highest BCUT2D eigenvalue weighted by Gasteiger charge is 2.12. The Hall–Kier alpha value is -2.47. The van der Waals surface area contributed by atoms with E-state index in [1.54, 1.807) is 6.07 Å². The Bertz CT molecular complexity index is 661. The summed E-state index contributed by atoms with van der Waals surface area (Å²) in [7, 11) is 1.45. The first-order chi connectivity index (χ1) is 9.51. The Morgan fingerprint density at radius 1 is 1.30 bits per heavy atom. The summed E-state index contributed by atoms with van der Waals surface area (Å²) in [5.41, 5.74) is 11.6. The number of rotatable bonds is 4. The molecule has 2 aromatic rings. The van der Waals surface area contributed by atoms with E-state index in [9.17, 15) is 4.79 Å². The summed E-state index contributed by atoms with van der Waals surface area (Å²) < 4.78 is 10.7. The molecule has 0 saturated heterocycles. The summed E-state index contributed by atoms with van der Waals surface area (Å²) in [5.74, 6) is 0.343. The number of primary amides is 1. The van der Waals surface area contributed by atoms with Gasteiger partial charge < -0.3 is 20.9 Å². The smallest absolute Gasteiger partial charge is 0.248 e. The average molecular weight is 294 g/mol. The number of halogens is 1. The predicted molar refractivity (Wildman–Crippen MR) is 75.2 cm³/mol. The zero-order chi connectivity index (χ0) is 14.7. The maximum absolute atomic E-state index is 11.1. The summed E-state index contributed by atoms with van der Waals surface area (Å²) in [5, 5.41) is 0.408. The molecule has 104 valence electrons. The highest BCUT2D eigenvalue weighted by Crippen LogP contribution is 2.34. The molecule has 0 saturated carbocycles. The zero-order valence-electron chi connectivity index (χ0n) is 10.6. The number of hydrogen-bond acceptors (Lipinski definition) is 5. The van der Waals surface area contributed by atoms with Crippen molar-refractivity contribution in [3.63, 3.8) is 0 Å². The van der Waals surface area contributed by atoms with Crippen LogP contribution in [-0.2, 0) is 0 Å². The number of hydrogen-bond donors (Lipinski definition) is 2. The Kier molecular flexibility index (Phi) is 3.95. The van der Waals surface area contributed by atoms with Gasteiger partial charge in [0.2, 0.25) is 11.8 Å². The van der Waals surface area contributed by atoms with Gasteiger partial charge in [0.05, 0.1) is 17.8 Å². The number of nitrogen functional groups attached to an aromatic ring is 1. The van der Waals surface area contributed by atoms with E-state index in [1.807, 2.05) is 0 Å². The molecular formula is C13H12ClN3O3. The Morgan fingerprint density at radius 3 is 2.65 bits per heavy atom. The molecule has 0 spiro atoms. The fraction of sp³-hybridized carbons (Fsp3) is 0.0769. The minimum atomic E-state index is -0.556. The van der Waals surface area contributed by atoms with E-state index in [2.05, 4.69) is 4.98 Å². The maximum Gasteiger partial charge on any atom is 0.248 e. The molecule has 0 fully saturated rings. The van der Waals surface area contributed by atoms with Crippen LogP contribution in [-0.4, -0.2) is 18.0 Å². The van der Waals surface area contributed by atoms with E-state index < -0.39 is 5.91 Å². The van der Waals surface area contributed by atoms with E-state index in [0.29, 0.717) is 27.8 Å². The van der Waals surface area contributed by atoms with Crippen molar-refractivity contribution in [2.45, 2.75) is 0 Å². The predicted octanol–water partition coefficient (Wildman–Crippen LogP) is 2.22. The number of carbonyl (C=O) groups is 1. The van der Waals surface area contributed by atoms with Crippen molar-refractivity contribution in [2.75, 3.05) is 12.8 Å². The minimum absolute atomic E-state index is 0.194. The van der Waals surface area contributed by atoms with Gasteiger partial charge in [0.15, 0.2) is 11.5 Å². The fourth-order valence-electron chi connectivity index (χ4n) is 1.54. The molecule has 0 aliphatic heterocycles. The number of amides is 1. The molecule has 0 unspecified atom stereocenters. The molecule has 6 nitrogen and oxygen atoms in total. The second kappa shape index (κ2) is 5.66. The largest absolute Gasteiger partial charge is 0.493 e. The lowest BCUT2D eigenvalue weighted by Gasteiger charge is -2.11. The molecule has 1 heterocycles. The molecule has 20 heavy (non-hydrogen) atoms. The van der Waals surface area contributed by atoms with Crippen LogP contribution < -0.4 is 20.9 Å². The lowest BCUT2D eigenvalue weighted by Crippen LogP contribution is -2.11. The van der Waals surface area contributed by atoms with Crippen molar-refractivity contribution in [3.05, 3.63) is 41.0 Å². The van der Waals surface area contributed by atoms with Crippen molar-refractivity contribution in [1.82, 2.24) is 4.98 Å². The fourth-order valence-corrected chi connectivity index (χ4v) is 1.70. The van der Waals surface area contributed by atoms with E-state index >= 15 is 0 Å². The monoisotopic (exact) mass is 293 g/mol.